The van der Waals surface area contributed by atoms with Gasteiger partial charge in [0.15, 0.2) is 0 Å². The summed E-state index contributed by atoms with van der Waals surface area (Å²) in [6.45, 7) is 6.21. The first-order valence-corrected chi connectivity index (χ1v) is 8.57. The third-order valence-electron chi connectivity index (χ3n) is 3.67. The van der Waals surface area contributed by atoms with E-state index in [-0.39, 0.29) is 17.0 Å². The second-order valence-electron chi connectivity index (χ2n) is 5.84. The van der Waals surface area contributed by atoms with E-state index in [1.165, 1.54) is 26.0 Å². The molecule has 0 fully saturated rings. The molecule has 0 bridgehead atoms. The van der Waals surface area contributed by atoms with Crippen LogP contribution >= 0.6 is 0 Å². The molecule has 2 rings (SSSR count). The molecule has 23 heavy (non-hydrogen) atoms. The Hall–Kier alpha value is -1.70. The Morgan fingerprint density at radius 2 is 1.91 bits per heavy atom. The third kappa shape index (κ3) is 3.80. The summed E-state index contributed by atoms with van der Waals surface area (Å²) in [7, 11) is -3.85. The van der Waals surface area contributed by atoms with Crippen LogP contribution in [0.25, 0.3) is 0 Å². The topological polar surface area (TPSA) is 79.5 Å². The molecule has 1 unspecified atom stereocenters. The van der Waals surface area contributed by atoms with Gasteiger partial charge < -0.3 is 9.52 Å². The molecule has 7 heteroatoms. The number of aryl methyl sites for hydroxylation is 3. The van der Waals surface area contributed by atoms with Gasteiger partial charge >= 0.3 is 0 Å². The molecule has 1 heterocycles. The molecule has 0 aliphatic rings. The average molecular weight is 341 g/mol. The van der Waals surface area contributed by atoms with E-state index in [2.05, 4.69) is 4.72 Å². The minimum Gasteiger partial charge on any atom is -0.466 e. The van der Waals surface area contributed by atoms with Gasteiger partial charge in [-0.2, -0.15) is 0 Å². The van der Waals surface area contributed by atoms with E-state index in [1.54, 1.807) is 19.9 Å². The van der Waals surface area contributed by atoms with Crippen molar-refractivity contribution < 1.29 is 22.3 Å². The zero-order valence-corrected chi connectivity index (χ0v) is 14.3. The Morgan fingerprint density at radius 1 is 1.26 bits per heavy atom. The fourth-order valence-electron chi connectivity index (χ4n) is 2.36. The molecule has 0 saturated heterocycles. The Labute approximate surface area is 135 Å². The number of halogens is 1. The van der Waals surface area contributed by atoms with Crippen molar-refractivity contribution in [2.75, 3.05) is 6.54 Å². The van der Waals surface area contributed by atoms with Crippen LogP contribution in [-0.2, 0) is 15.6 Å². The minimum atomic E-state index is -3.85. The quantitative estimate of drug-likeness (QED) is 0.876. The van der Waals surface area contributed by atoms with Crippen LogP contribution in [0, 0.1) is 26.6 Å². The summed E-state index contributed by atoms with van der Waals surface area (Å²) >= 11 is 0. The van der Waals surface area contributed by atoms with Crippen LogP contribution in [0.15, 0.2) is 33.6 Å². The summed E-state index contributed by atoms with van der Waals surface area (Å²) in [6, 6.07) is 5.21. The predicted octanol–water partition coefficient (Wildman–Crippen LogP) is 2.53. The second-order valence-corrected chi connectivity index (χ2v) is 7.60. The first-order chi connectivity index (χ1) is 10.5. The highest BCUT2D eigenvalue weighted by Gasteiger charge is 2.30. The van der Waals surface area contributed by atoms with Crippen LogP contribution in [0.3, 0.4) is 0 Å². The highest BCUT2D eigenvalue weighted by atomic mass is 32.2. The van der Waals surface area contributed by atoms with Crippen molar-refractivity contribution in [3.05, 3.63) is 52.7 Å². The lowest BCUT2D eigenvalue weighted by Gasteiger charge is -2.23. The van der Waals surface area contributed by atoms with Crippen LogP contribution in [0.4, 0.5) is 4.39 Å². The summed E-state index contributed by atoms with van der Waals surface area (Å²) in [6.07, 6.45) is 0. The number of sulfonamides is 1. The zero-order chi connectivity index (χ0) is 17.4. The largest absolute Gasteiger partial charge is 0.466 e. The minimum absolute atomic E-state index is 0.0488. The smallest absolute Gasteiger partial charge is 0.240 e. The molecule has 0 aliphatic heterocycles. The summed E-state index contributed by atoms with van der Waals surface area (Å²) in [5, 5.41) is 10.5. The van der Waals surface area contributed by atoms with E-state index in [4.69, 9.17) is 4.42 Å². The van der Waals surface area contributed by atoms with Crippen molar-refractivity contribution in [3.63, 3.8) is 0 Å². The van der Waals surface area contributed by atoms with Crippen molar-refractivity contribution in [2.24, 2.45) is 0 Å². The SMILES string of the molecule is Cc1cc(C(C)(O)CNS(=O)(=O)c2ccc(F)c(C)c2)c(C)o1. The van der Waals surface area contributed by atoms with Gasteiger partial charge in [0.2, 0.25) is 10.0 Å². The lowest BCUT2D eigenvalue weighted by Crippen LogP contribution is -2.38. The average Bonchev–Trinajstić information content (AvgIpc) is 2.79. The maximum Gasteiger partial charge on any atom is 0.240 e. The Balaban J connectivity index is 2.21. The highest BCUT2D eigenvalue weighted by Crippen LogP contribution is 2.27. The molecule has 0 amide bonds. The molecule has 0 radical (unpaired) electrons. The van der Waals surface area contributed by atoms with Crippen molar-refractivity contribution in [2.45, 2.75) is 38.2 Å². The number of rotatable bonds is 5. The van der Waals surface area contributed by atoms with Gasteiger partial charge in [-0.3, -0.25) is 0 Å². The number of furan rings is 1. The second kappa shape index (κ2) is 6.07. The number of benzene rings is 1. The van der Waals surface area contributed by atoms with Gasteiger partial charge in [0.1, 0.15) is 22.9 Å². The zero-order valence-electron chi connectivity index (χ0n) is 13.5. The Kier molecular flexibility index (Phi) is 4.66. The van der Waals surface area contributed by atoms with Crippen LogP contribution in [0.1, 0.15) is 29.6 Å². The van der Waals surface area contributed by atoms with Gasteiger partial charge in [-0.15, -0.1) is 0 Å². The Bertz CT molecular complexity index is 825. The van der Waals surface area contributed by atoms with E-state index in [9.17, 15) is 17.9 Å². The van der Waals surface area contributed by atoms with Crippen LogP contribution in [-0.4, -0.2) is 20.1 Å². The Morgan fingerprint density at radius 3 is 2.43 bits per heavy atom. The summed E-state index contributed by atoms with van der Waals surface area (Å²) in [5.41, 5.74) is -0.668. The number of hydrogen-bond acceptors (Lipinski definition) is 4. The molecule has 2 N–H and O–H groups in total. The fourth-order valence-corrected chi connectivity index (χ4v) is 3.58. The molecule has 1 aromatic carbocycles. The summed E-state index contributed by atoms with van der Waals surface area (Å²) in [5.74, 6) is 0.694. The molecule has 1 atom stereocenters. The summed E-state index contributed by atoms with van der Waals surface area (Å²) in [4.78, 5) is -0.0488. The molecule has 5 nitrogen and oxygen atoms in total. The van der Waals surface area contributed by atoms with Crippen molar-refractivity contribution in [3.8, 4) is 0 Å². The highest BCUT2D eigenvalue weighted by molar-refractivity contribution is 7.89. The summed E-state index contributed by atoms with van der Waals surface area (Å²) < 4.78 is 45.6. The van der Waals surface area contributed by atoms with Gasteiger partial charge in [0, 0.05) is 12.1 Å². The normalized spacial score (nSPS) is 14.7. The molecule has 0 spiro atoms. The first kappa shape index (κ1) is 17.7. The van der Waals surface area contributed by atoms with Gasteiger partial charge in [-0.1, -0.05) is 0 Å². The number of nitrogens with one attached hydrogen (secondary N) is 1. The predicted molar refractivity (Wildman–Crippen MR) is 84.1 cm³/mol. The lowest BCUT2D eigenvalue weighted by atomic mass is 9.97. The molecule has 0 saturated carbocycles. The van der Waals surface area contributed by atoms with Gasteiger partial charge in [-0.05, 0) is 57.5 Å². The number of hydrogen-bond donors (Lipinski definition) is 2. The van der Waals surface area contributed by atoms with E-state index in [1.807, 2.05) is 0 Å². The van der Waals surface area contributed by atoms with Crippen LogP contribution < -0.4 is 4.72 Å². The van der Waals surface area contributed by atoms with Gasteiger partial charge in [0.25, 0.3) is 0 Å². The molecule has 1 aromatic heterocycles. The maximum absolute atomic E-state index is 13.3. The van der Waals surface area contributed by atoms with E-state index in [0.29, 0.717) is 17.1 Å². The van der Waals surface area contributed by atoms with Crippen LogP contribution in [0.5, 0.6) is 0 Å². The third-order valence-corrected chi connectivity index (χ3v) is 5.07. The van der Waals surface area contributed by atoms with Crippen molar-refractivity contribution in [1.82, 2.24) is 4.72 Å². The lowest BCUT2D eigenvalue weighted by molar-refractivity contribution is 0.0612. The van der Waals surface area contributed by atoms with Crippen molar-refractivity contribution >= 4 is 10.0 Å². The molecular formula is C16H20FNO4S. The van der Waals surface area contributed by atoms with E-state index < -0.39 is 21.4 Å². The van der Waals surface area contributed by atoms with Gasteiger partial charge in [-0.25, -0.2) is 17.5 Å². The first-order valence-electron chi connectivity index (χ1n) is 7.08. The number of aliphatic hydroxyl groups is 1. The van der Waals surface area contributed by atoms with Gasteiger partial charge in [0.05, 0.1) is 4.90 Å². The van der Waals surface area contributed by atoms with Crippen LogP contribution in [0.2, 0.25) is 0 Å². The molecule has 0 aliphatic carbocycles. The van der Waals surface area contributed by atoms with E-state index in [0.717, 1.165) is 6.07 Å². The van der Waals surface area contributed by atoms with E-state index >= 15 is 0 Å². The standard InChI is InChI=1S/C16H20FNO4S/c1-10-7-13(5-6-15(10)17)23(20,21)18-9-16(4,19)14-8-11(2)22-12(14)3/h5-8,18-19H,9H2,1-4H3. The molecule has 126 valence electrons. The fraction of sp³-hybridized carbons (Fsp3) is 0.375. The molecular weight excluding hydrogens is 321 g/mol. The monoisotopic (exact) mass is 341 g/mol. The maximum atomic E-state index is 13.3. The molecule has 2 aromatic rings. The van der Waals surface area contributed by atoms with Crippen molar-refractivity contribution in [1.29, 1.82) is 0 Å².